The van der Waals surface area contributed by atoms with Gasteiger partial charge >= 0.3 is 5.97 Å². The first-order chi connectivity index (χ1) is 33.4. The molecule has 8 atom stereocenters. The number of carboxylic acids is 1. The Morgan fingerprint density at radius 2 is 1.06 bits per heavy atom. The molecule has 0 saturated carbocycles. The second kappa shape index (κ2) is 27.7. The van der Waals surface area contributed by atoms with Gasteiger partial charge in [-0.3, -0.25) is 43.2 Å². The molecular formula is C49H71N11O11. The molecule has 1 heterocycles. The first-order valence-electron chi connectivity index (χ1n) is 23.6. The van der Waals surface area contributed by atoms with Crippen molar-refractivity contribution in [2.24, 2.45) is 35.0 Å². The summed E-state index contributed by atoms with van der Waals surface area (Å²) >= 11 is 0. The van der Waals surface area contributed by atoms with Gasteiger partial charge in [-0.15, -0.1) is 0 Å². The topological polar surface area (TPSA) is 369 Å². The van der Waals surface area contributed by atoms with E-state index in [0.29, 0.717) is 10.9 Å². The molecule has 0 fully saturated rings. The number of aromatic nitrogens is 1. The molecule has 3 rings (SSSR count). The second-order valence-electron chi connectivity index (χ2n) is 18.9. The van der Waals surface area contributed by atoms with Crippen LogP contribution in [0.4, 0.5) is 0 Å². The fourth-order valence-corrected chi connectivity index (χ4v) is 7.60. The molecule has 2 aromatic carbocycles. The average molecular weight is 990 g/mol. The number of hydrogen-bond donors (Lipinski definition) is 12. The Balaban J connectivity index is 1.89. The second-order valence-corrected chi connectivity index (χ2v) is 18.9. The fourth-order valence-electron chi connectivity index (χ4n) is 7.60. The van der Waals surface area contributed by atoms with Gasteiger partial charge in [0.2, 0.25) is 53.2 Å². The summed E-state index contributed by atoms with van der Waals surface area (Å²) in [6.45, 7) is 11.8. The highest BCUT2D eigenvalue weighted by molar-refractivity contribution is 5.99. The van der Waals surface area contributed by atoms with Crippen LogP contribution in [0.3, 0.4) is 0 Å². The standard InChI is InChI=1S/C49H71N11O11/c1-25(2)19-35(44(65)54-28(7)42(63)55-34(49(70)71)17-18-39(51)61)56-45(66)36(20-26(3)4)57-46(67)37(22-30-24-53-33-16-12-11-15-31(30)33)58-47(68)38(23-40(52)62)59-48(69)41(27(5)6)60-43(64)32(50)21-29-13-9-8-10-14-29/h8-16,24-28,32,34-38,41,53H,17-23,50H2,1-7H3,(H2,51,61)(H2,52,62)(H,54,65)(H,55,63)(H,56,66)(H,57,67)(H,58,68)(H,59,69)(H,60,64)(H,70,71)/t28-,32-,34-,35-,36-,37-,38-,41-/m0/s1. The highest BCUT2D eigenvalue weighted by atomic mass is 16.4. The zero-order valence-corrected chi connectivity index (χ0v) is 41.3. The summed E-state index contributed by atoms with van der Waals surface area (Å²) in [5.41, 5.74) is 19.0. The maximum Gasteiger partial charge on any atom is 0.326 e. The van der Waals surface area contributed by atoms with E-state index in [1.807, 2.05) is 12.1 Å². The number of para-hydroxylation sites is 1. The number of nitrogens with two attached hydrogens (primary N) is 3. The Kier molecular flexibility index (Phi) is 22.6. The zero-order valence-electron chi connectivity index (χ0n) is 41.3. The van der Waals surface area contributed by atoms with Crippen molar-refractivity contribution in [2.45, 2.75) is 142 Å². The van der Waals surface area contributed by atoms with Crippen LogP contribution in [0.1, 0.15) is 91.7 Å². The largest absolute Gasteiger partial charge is 0.480 e. The lowest BCUT2D eigenvalue weighted by Gasteiger charge is -2.29. The summed E-state index contributed by atoms with van der Waals surface area (Å²) < 4.78 is 0. The fraction of sp³-hybridized carbons (Fsp3) is 0.510. The summed E-state index contributed by atoms with van der Waals surface area (Å²) in [6, 6.07) is 5.62. The lowest BCUT2D eigenvalue weighted by molar-refractivity contribution is -0.142. The number of primary amides is 2. The molecule has 15 N–H and O–H groups in total. The van der Waals surface area contributed by atoms with E-state index in [9.17, 15) is 53.1 Å². The molecule has 0 radical (unpaired) electrons. The van der Waals surface area contributed by atoms with E-state index < -0.39 is 120 Å². The molecule has 0 aliphatic heterocycles. The zero-order chi connectivity index (χ0) is 53.1. The van der Waals surface area contributed by atoms with Crippen LogP contribution in [0.2, 0.25) is 0 Å². The van der Waals surface area contributed by atoms with E-state index in [1.165, 1.54) is 6.92 Å². The summed E-state index contributed by atoms with van der Waals surface area (Å²) in [6.07, 6.45) is 0.523. The van der Waals surface area contributed by atoms with Gasteiger partial charge in [0.15, 0.2) is 0 Å². The lowest BCUT2D eigenvalue weighted by Crippen LogP contribution is -2.61. The monoisotopic (exact) mass is 990 g/mol. The SMILES string of the molecule is CC(C)C[C@H](NC(=O)[C@H](CC(C)C)NC(=O)[C@H](Cc1c[nH]c2ccccc12)NC(=O)[C@H](CC(N)=O)NC(=O)[C@@H](NC(=O)[C@@H](N)Cc1ccccc1)C(C)C)C(=O)N[C@@H](C)C(=O)N[C@@H](CCC(N)=O)C(=O)O. The van der Waals surface area contributed by atoms with Crippen molar-refractivity contribution in [1.82, 2.24) is 42.2 Å². The molecule has 22 nitrogen and oxygen atoms in total. The number of carbonyl (C=O) groups excluding carboxylic acids is 9. The van der Waals surface area contributed by atoms with Crippen molar-refractivity contribution >= 4 is 70.0 Å². The van der Waals surface area contributed by atoms with Crippen molar-refractivity contribution < 1.29 is 53.1 Å². The molecule has 0 spiro atoms. The Morgan fingerprint density at radius 1 is 0.549 bits per heavy atom. The molecule has 9 amide bonds. The quantitative estimate of drug-likeness (QED) is 0.0426. The van der Waals surface area contributed by atoms with Crippen molar-refractivity contribution in [1.29, 1.82) is 0 Å². The number of rotatable bonds is 29. The van der Waals surface area contributed by atoms with Crippen molar-refractivity contribution in [2.75, 3.05) is 0 Å². The van der Waals surface area contributed by atoms with Gasteiger partial charge in [0.25, 0.3) is 0 Å². The van der Waals surface area contributed by atoms with Crippen LogP contribution in [0, 0.1) is 17.8 Å². The van der Waals surface area contributed by atoms with E-state index in [2.05, 4.69) is 42.2 Å². The number of benzene rings is 2. The Hall–Kier alpha value is -7.36. The number of carboxylic acid groups (broad SMARTS) is 1. The number of aromatic amines is 1. The Bertz CT molecular complexity index is 2350. The minimum absolute atomic E-state index is 0.0553. The predicted molar refractivity (Wildman–Crippen MR) is 263 cm³/mol. The van der Waals surface area contributed by atoms with E-state index in [-0.39, 0.29) is 50.4 Å². The third kappa shape index (κ3) is 19.2. The maximum atomic E-state index is 14.5. The van der Waals surface area contributed by atoms with Gasteiger partial charge in [-0.25, -0.2) is 4.79 Å². The molecular weight excluding hydrogens is 919 g/mol. The van der Waals surface area contributed by atoms with Crippen LogP contribution in [0.15, 0.2) is 60.8 Å². The number of carbonyl (C=O) groups is 10. The van der Waals surface area contributed by atoms with Gasteiger partial charge in [0.05, 0.1) is 12.5 Å². The van der Waals surface area contributed by atoms with Gasteiger partial charge in [-0.05, 0) is 67.6 Å². The minimum Gasteiger partial charge on any atom is -0.480 e. The van der Waals surface area contributed by atoms with Crippen LogP contribution in [0.5, 0.6) is 0 Å². The third-order valence-electron chi connectivity index (χ3n) is 11.4. The molecule has 0 unspecified atom stereocenters. The van der Waals surface area contributed by atoms with Gasteiger partial charge in [0.1, 0.15) is 42.3 Å². The smallest absolute Gasteiger partial charge is 0.326 e. The number of hydrogen-bond acceptors (Lipinski definition) is 11. The normalized spacial score (nSPS) is 14.7. The Labute approximate surface area is 412 Å². The summed E-state index contributed by atoms with van der Waals surface area (Å²) in [4.78, 5) is 135. The average Bonchev–Trinajstić information content (AvgIpc) is 3.70. The molecule has 0 aliphatic carbocycles. The van der Waals surface area contributed by atoms with Crippen molar-refractivity contribution in [3.8, 4) is 0 Å². The number of fused-ring (bicyclic) bond motifs is 1. The molecule has 388 valence electrons. The molecule has 0 bridgehead atoms. The molecule has 1 aromatic heterocycles. The van der Waals surface area contributed by atoms with Gasteiger partial charge in [0, 0.05) is 29.9 Å². The van der Waals surface area contributed by atoms with E-state index in [4.69, 9.17) is 17.2 Å². The molecule has 0 saturated heterocycles. The van der Waals surface area contributed by atoms with E-state index in [1.54, 1.807) is 90.2 Å². The summed E-state index contributed by atoms with van der Waals surface area (Å²) in [5, 5.41) is 28.2. The first kappa shape index (κ1) is 58.0. The maximum absolute atomic E-state index is 14.5. The Morgan fingerprint density at radius 3 is 1.61 bits per heavy atom. The van der Waals surface area contributed by atoms with Gasteiger partial charge < -0.3 is 64.5 Å². The van der Waals surface area contributed by atoms with Crippen LogP contribution in [-0.4, -0.2) is 118 Å². The predicted octanol–water partition coefficient (Wildman–Crippen LogP) is -0.332. The number of nitrogens with one attached hydrogen (secondary N) is 8. The number of amides is 9. The number of aliphatic carboxylic acids is 1. The van der Waals surface area contributed by atoms with Crippen LogP contribution in [-0.2, 0) is 60.8 Å². The van der Waals surface area contributed by atoms with Crippen molar-refractivity contribution in [3.05, 3.63) is 71.9 Å². The van der Waals surface area contributed by atoms with E-state index in [0.717, 1.165) is 11.1 Å². The van der Waals surface area contributed by atoms with Crippen molar-refractivity contribution in [3.63, 3.8) is 0 Å². The minimum atomic E-state index is -1.63. The van der Waals surface area contributed by atoms with Crippen LogP contribution >= 0.6 is 0 Å². The molecule has 0 aliphatic rings. The third-order valence-corrected chi connectivity index (χ3v) is 11.4. The van der Waals surface area contributed by atoms with Crippen LogP contribution < -0.4 is 54.4 Å². The van der Waals surface area contributed by atoms with Gasteiger partial charge in [-0.2, -0.15) is 0 Å². The van der Waals surface area contributed by atoms with Gasteiger partial charge in [-0.1, -0.05) is 90.1 Å². The lowest BCUT2D eigenvalue weighted by atomic mass is 9.98. The molecule has 3 aromatic rings. The van der Waals surface area contributed by atoms with Crippen LogP contribution in [0.25, 0.3) is 10.9 Å². The summed E-state index contributed by atoms with van der Waals surface area (Å²) in [7, 11) is 0. The summed E-state index contributed by atoms with van der Waals surface area (Å²) in [5.74, 6) is -9.76. The highest BCUT2D eigenvalue weighted by Crippen LogP contribution is 2.20. The van der Waals surface area contributed by atoms with E-state index >= 15 is 0 Å². The molecule has 71 heavy (non-hydrogen) atoms. The first-order valence-corrected chi connectivity index (χ1v) is 23.6. The highest BCUT2D eigenvalue weighted by Gasteiger charge is 2.36. The molecule has 22 heteroatoms. The number of H-pyrrole nitrogens is 1.